The van der Waals surface area contributed by atoms with Crippen LogP contribution in [-0.4, -0.2) is 4.98 Å². The second kappa shape index (κ2) is 5.91. The van der Waals surface area contributed by atoms with Crippen molar-refractivity contribution >= 4 is 35.7 Å². The van der Waals surface area contributed by atoms with E-state index in [1.54, 1.807) is 6.20 Å². The van der Waals surface area contributed by atoms with Crippen molar-refractivity contribution in [2.75, 3.05) is 0 Å². The van der Waals surface area contributed by atoms with Crippen LogP contribution in [0.5, 0.6) is 0 Å². The van der Waals surface area contributed by atoms with Crippen LogP contribution < -0.4 is 5.73 Å². The molecule has 2 nitrogen and oxygen atoms in total. The van der Waals surface area contributed by atoms with Gasteiger partial charge in [0.25, 0.3) is 0 Å². The lowest BCUT2D eigenvalue weighted by molar-refractivity contribution is 1.06. The van der Waals surface area contributed by atoms with Gasteiger partial charge in [-0.05, 0) is 24.1 Å². The number of hydrogen-bond acceptors (Lipinski definition) is 2. The van der Waals surface area contributed by atoms with Gasteiger partial charge in [-0.15, -0.1) is 24.8 Å². The SMILES string of the molecule is Cc1ccc2cccnc2c1CN.Cl.Cl. The number of aromatic nitrogens is 1. The van der Waals surface area contributed by atoms with Crippen molar-refractivity contribution in [3.63, 3.8) is 0 Å². The summed E-state index contributed by atoms with van der Waals surface area (Å²) in [5.41, 5.74) is 9.08. The highest BCUT2D eigenvalue weighted by atomic mass is 35.5. The first kappa shape index (κ1) is 14.2. The zero-order valence-electron chi connectivity index (χ0n) is 8.43. The second-order valence-electron chi connectivity index (χ2n) is 3.14. The molecule has 0 aliphatic rings. The van der Waals surface area contributed by atoms with Crippen molar-refractivity contribution in [1.29, 1.82) is 0 Å². The summed E-state index contributed by atoms with van der Waals surface area (Å²) in [6.07, 6.45) is 1.81. The highest BCUT2D eigenvalue weighted by Gasteiger charge is 2.02. The van der Waals surface area contributed by atoms with Crippen molar-refractivity contribution in [3.05, 3.63) is 41.6 Å². The molecule has 2 N–H and O–H groups in total. The fourth-order valence-electron chi connectivity index (χ4n) is 1.56. The minimum atomic E-state index is 0. The molecule has 0 atom stereocenters. The third-order valence-electron chi connectivity index (χ3n) is 2.32. The molecule has 82 valence electrons. The van der Waals surface area contributed by atoms with E-state index in [0.29, 0.717) is 6.54 Å². The van der Waals surface area contributed by atoms with Gasteiger partial charge >= 0.3 is 0 Å². The Hall–Kier alpha value is -0.830. The molecular weight excluding hydrogens is 231 g/mol. The molecule has 2 rings (SSSR count). The molecule has 2 aromatic rings. The van der Waals surface area contributed by atoms with Crippen LogP contribution in [0.2, 0.25) is 0 Å². The quantitative estimate of drug-likeness (QED) is 0.838. The van der Waals surface area contributed by atoms with Gasteiger partial charge in [0.1, 0.15) is 0 Å². The Morgan fingerprint density at radius 1 is 1.20 bits per heavy atom. The molecule has 1 heterocycles. The monoisotopic (exact) mass is 244 g/mol. The van der Waals surface area contributed by atoms with Crippen molar-refractivity contribution in [3.8, 4) is 0 Å². The Labute approximate surface area is 102 Å². The molecule has 0 radical (unpaired) electrons. The largest absolute Gasteiger partial charge is 0.326 e. The van der Waals surface area contributed by atoms with Gasteiger partial charge in [-0.25, -0.2) is 0 Å². The predicted octanol–water partition coefficient (Wildman–Crippen LogP) is 2.85. The van der Waals surface area contributed by atoms with Gasteiger partial charge in [0.05, 0.1) is 5.52 Å². The Morgan fingerprint density at radius 2 is 1.93 bits per heavy atom. The minimum Gasteiger partial charge on any atom is -0.326 e. The standard InChI is InChI=1S/C11H12N2.2ClH/c1-8-4-5-9-3-2-6-13-11(9)10(8)7-12;;/h2-6H,7,12H2,1H3;2*1H. The fourth-order valence-corrected chi connectivity index (χ4v) is 1.56. The third-order valence-corrected chi connectivity index (χ3v) is 2.32. The Morgan fingerprint density at radius 3 is 2.60 bits per heavy atom. The van der Waals surface area contributed by atoms with Crippen LogP contribution in [0.25, 0.3) is 10.9 Å². The van der Waals surface area contributed by atoms with Crippen molar-refractivity contribution in [1.82, 2.24) is 4.98 Å². The normalized spacial score (nSPS) is 9.20. The summed E-state index contributed by atoms with van der Waals surface area (Å²) in [6.45, 7) is 2.62. The Kier molecular flexibility index (Phi) is 5.58. The molecule has 0 spiro atoms. The molecule has 0 bridgehead atoms. The first-order valence-electron chi connectivity index (χ1n) is 4.36. The van der Waals surface area contributed by atoms with Gasteiger partial charge in [0.2, 0.25) is 0 Å². The van der Waals surface area contributed by atoms with Gasteiger partial charge in [-0.1, -0.05) is 18.2 Å². The van der Waals surface area contributed by atoms with E-state index >= 15 is 0 Å². The van der Waals surface area contributed by atoms with E-state index in [1.807, 2.05) is 6.07 Å². The number of aryl methyl sites for hydroxylation is 1. The van der Waals surface area contributed by atoms with Gasteiger partial charge in [0.15, 0.2) is 0 Å². The molecular formula is C11H14Cl2N2. The zero-order valence-corrected chi connectivity index (χ0v) is 10.1. The van der Waals surface area contributed by atoms with E-state index in [2.05, 4.69) is 30.1 Å². The summed E-state index contributed by atoms with van der Waals surface area (Å²) in [7, 11) is 0. The molecule has 0 unspecified atom stereocenters. The van der Waals surface area contributed by atoms with Crippen LogP contribution in [0.1, 0.15) is 11.1 Å². The number of rotatable bonds is 1. The van der Waals surface area contributed by atoms with Gasteiger partial charge in [-0.2, -0.15) is 0 Å². The molecule has 1 aromatic carbocycles. The lowest BCUT2D eigenvalue weighted by Crippen LogP contribution is -2.00. The summed E-state index contributed by atoms with van der Waals surface area (Å²) < 4.78 is 0. The summed E-state index contributed by atoms with van der Waals surface area (Å²) >= 11 is 0. The number of fused-ring (bicyclic) bond motifs is 1. The Bertz CT molecular complexity index is 444. The van der Waals surface area contributed by atoms with Crippen LogP contribution in [0, 0.1) is 6.92 Å². The summed E-state index contributed by atoms with van der Waals surface area (Å²) in [5, 5.41) is 1.16. The molecule has 1 aromatic heterocycles. The maximum atomic E-state index is 5.68. The average molecular weight is 245 g/mol. The van der Waals surface area contributed by atoms with E-state index in [1.165, 1.54) is 5.56 Å². The smallest absolute Gasteiger partial charge is 0.0749 e. The van der Waals surface area contributed by atoms with Crippen molar-refractivity contribution in [2.45, 2.75) is 13.5 Å². The molecule has 0 aliphatic carbocycles. The molecule has 15 heavy (non-hydrogen) atoms. The molecule has 0 saturated heterocycles. The first-order valence-corrected chi connectivity index (χ1v) is 4.36. The van der Waals surface area contributed by atoms with Crippen LogP contribution >= 0.6 is 24.8 Å². The van der Waals surface area contributed by atoms with Gasteiger partial charge in [0, 0.05) is 18.1 Å². The second-order valence-corrected chi connectivity index (χ2v) is 3.14. The van der Waals surface area contributed by atoms with Gasteiger partial charge in [-0.3, -0.25) is 4.98 Å². The number of hydrogen-bond donors (Lipinski definition) is 1. The molecule has 0 aliphatic heterocycles. The van der Waals surface area contributed by atoms with Crippen LogP contribution in [0.4, 0.5) is 0 Å². The Balaban J connectivity index is 0.000000980. The maximum Gasteiger partial charge on any atom is 0.0749 e. The number of nitrogens with two attached hydrogens (primary N) is 1. The minimum absolute atomic E-state index is 0. The molecule has 4 heteroatoms. The lowest BCUT2D eigenvalue weighted by atomic mass is 10.0. The summed E-state index contributed by atoms with van der Waals surface area (Å²) in [6, 6.07) is 8.17. The van der Waals surface area contributed by atoms with E-state index < -0.39 is 0 Å². The van der Waals surface area contributed by atoms with Gasteiger partial charge < -0.3 is 5.73 Å². The lowest BCUT2D eigenvalue weighted by Gasteiger charge is -2.06. The molecule has 0 amide bonds. The average Bonchev–Trinajstić information content (AvgIpc) is 2.18. The highest BCUT2D eigenvalue weighted by Crippen LogP contribution is 2.18. The zero-order chi connectivity index (χ0) is 9.26. The van der Waals surface area contributed by atoms with Crippen LogP contribution in [0.3, 0.4) is 0 Å². The third kappa shape index (κ3) is 2.59. The van der Waals surface area contributed by atoms with Crippen molar-refractivity contribution < 1.29 is 0 Å². The van der Waals surface area contributed by atoms with E-state index in [9.17, 15) is 0 Å². The molecule has 0 fully saturated rings. The predicted molar refractivity (Wildman–Crippen MR) is 68.9 cm³/mol. The highest BCUT2D eigenvalue weighted by molar-refractivity contribution is 5.85. The first-order chi connectivity index (χ1) is 6.33. The fraction of sp³-hybridized carbons (Fsp3) is 0.182. The molecule has 0 saturated carbocycles. The van der Waals surface area contributed by atoms with E-state index in [4.69, 9.17) is 5.73 Å². The number of halogens is 2. The summed E-state index contributed by atoms with van der Waals surface area (Å²) in [5.74, 6) is 0. The maximum absolute atomic E-state index is 5.68. The topological polar surface area (TPSA) is 38.9 Å². The van der Waals surface area contributed by atoms with Crippen molar-refractivity contribution in [2.24, 2.45) is 5.73 Å². The van der Waals surface area contributed by atoms with Crippen LogP contribution in [-0.2, 0) is 6.54 Å². The number of nitrogens with zero attached hydrogens (tertiary/aromatic N) is 1. The summed E-state index contributed by atoms with van der Waals surface area (Å²) in [4.78, 5) is 4.33. The number of benzene rings is 1. The van der Waals surface area contributed by atoms with E-state index in [-0.39, 0.29) is 24.8 Å². The number of pyridine rings is 1. The van der Waals surface area contributed by atoms with E-state index in [0.717, 1.165) is 16.5 Å². The van der Waals surface area contributed by atoms with Crippen LogP contribution in [0.15, 0.2) is 30.5 Å².